The highest BCUT2D eigenvalue weighted by Crippen LogP contribution is 2.39. The summed E-state index contributed by atoms with van der Waals surface area (Å²) in [5.41, 5.74) is 6.84. The molecule has 0 saturated carbocycles. The summed E-state index contributed by atoms with van der Waals surface area (Å²) < 4.78 is 24.6. The van der Waals surface area contributed by atoms with Crippen LogP contribution in [0.4, 0.5) is 5.00 Å². The monoisotopic (exact) mass is 406 g/mol. The van der Waals surface area contributed by atoms with E-state index in [1.54, 1.807) is 18.2 Å². The zero-order valence-electron chi connectivity index (χ0n) is 15.0. The predicted octanol–water partition coefficient (Wildman–Crippen LogP) is 2.77. The van der Waals surface area contributed by atoms with Gasteiger partial charge in [0.1, 0.15) is 5.00 Å². The van der Waals surface area contributed by atoms with E-state index in [0.717, 1.165) is 29.7 Å². The number of thiophene rings is 1. The third-order valence-electron chi connectivity index (χ3n) is 4.71. The van der Waals surface area contributed by atoms with Crippen LogP contribution in [0.15, 0.2) is 35.2 Å². The maximum atomic E-state index is 12.3. The normalized spacial score (nSPS) is 16.6. The van der Waals surface area contributed by atoms with Gasteiger partial charge in [0.25, 0.3) is 5.91 Å². The van der Waals surface area contributed by atoms with Crippen LogP contribution in [-0.4, -0.2) is 26.0 Å². The number of benzene rings is 1. The molecular weight excluding hydrogens is 384 g/mol. The number of rotatable bonds is 6. The van der Waals surface area contributed by atoms with Crippen LogP contribution in [0.3, 0.4) is 0 Å². The number of carbonyl (C=O) groups excluding carboxylic acids is 2. The SMILES string of the molecule is C[C@H]1CCc2c(sc(NC(=O)CCS(=O)(=O)c3ccccc3)c2C(N)=O)C1. The van der Waals surface area contributed by atoms with E-state index in [9.17, 15) is 18.0 Å². The first-order valence-electron chi connectivity index (χ1n) is 8.80. The van der Waals surface area contributed by atoms with Crippen molar-refractivity contribution in [2.75, 3.05) is 11.1 Å². The molecule has 8 heteroatoms. The highest BCUT2D eigenvalue weighted by Gasteiger charge is 2.27. The molecule has 0 fully saturated rings. The second kappa shape index (κ2) is 7.82. The summed E-state index contributed by atoms with van der Waals surface area (Å²) in [4.78, 5) is 25.5. The first-order valence-corrected chi connectivity index (χ1v) is 11.3. The third kappa shape index (κ3) is 4.39. The highest BCUT2D eigenvalue weighted by atomic mass is 32.2. The van der Waals surface area contributed by atoms with E-state index in [0.29, 0.717) is 16.5 Å². The molecule has 0 unspecified atom stereocenters. The Morgan fingerprint density at radius 1 is 1.26 bits per heavy atom. The van der Waals surface area contributed by atoms with Gasteiger partial charge in [0, 0.05) is 11.3 Å². The van der Waals surface area contributed by atoms with Gasteiger partial charge >= 0.3 is 0 Å². The van der Waals surface area contributed by atoms with Crippen molar-refractivity contribution in [3.05, 3.63) is 46.3 Å². The number of primary amides is 1. The van der Waals surface area contributed by atoms with E-state index in [1.165, 1.54) is 23.5 Å². The Balaban J connectivity index is 1.72. The zero-order chi connectivity index (χ0) is 19.6. The first-order chi connectivity index (χ1) is 12.8. The summed E-state index contributed by atoms with van der Waals surface area (Å²) in [5.74, 6) is -0.772. The van der Waals surface area contributed by atoms with E-state index in [4.69, 9.17) is 5.73 Å². The molecule has 0 radical (unpaired) electrons. The Morgan fingerprint density at radius 2 is 1.96 bits per heavy atom. The molecule has 1 aliphatic rings. The van der Waals surface area contributed by atoms with E-state index in [2.05, 4.69) is 12.2 Å². The van der Waals surface area contributed by atoms with Gasteiger partial charge in [-0.3, -0.25) is 9.59 Å². The molecule has 3 rings (SSSR count). The van der Waals surface area contributed by atoms with Crippen molar-refractivity contribution in [2.45, 2.75) is 37.5 Å². The van der Waals surface area contributed by atoms with E-state index < -0.39 is 21.7 Å². The maximum absolute atomic E-state index is 12.3. The van der Waals surface area contributed by atoms with Gasteiger partial charge in [-0.15, -0.1) is 11.3 Å². The number of amides is 2. The topological polar surface area (TPSA) is 106 Å². The van der Waals surface area contributed by atoms with Gasteiger partial charge in [-0.2, -0.15) is 0 Å². The average Bonchev–Trinajstić information content (AvgIpc) is 2.97. The van der Waals surface area contributed by atoms with Crippen LogP contribution in [0.25, 0.3) is 0 Å². The molecule has 144 valence electrons. The summed E-state index contributed by atoms with van der Waals surface area (Å²) >= 11 is 1.37. The summed E-state index contributed by atoms with van der Waals surface area (Å²) in [6.45, 7) is 2.15. The molecule has 1 heterocycles. The summed E-state index contributed by atoms with van der Waals surface area (Å²) in [5, 5.41) is 3.14. The number of nitrogens with two attached hydrogens (primary N) is 1. The molecule has 0 aliphatic heterocycles. The van der Waals surface area contributed by atoms with Crippen molar-refractivity contribution < 1.29 is 18.0 Å². The van der Waals surface area contributed by atoms with Gasteiger partial charge in [-0.05, 0) is 42.9 Å². The lowest BCUT2D eigenvalue weighted by molar-refractivity contribution is -0.115. The minimum atomic E-state index is -3.53. The van der Waals surface area contributed by atoms with Crippen LogP contribution in [0.5, 0.6) is 0 Å². The van der Waals surface area contributed by atoms with Gasteiger partial charge < -0.3 is 11.1 Å². The van der Waals surface area contributed by atoms with Crippen molar-refractivity contribution in [3.8, 4) is 0 Å². The molecule has 1 aromatic heterocycles. The van der Waals surface area contributed by atoms with Crippen LogP contribution >= 0.6 is 11.3 Å². The molecule has 1 aromatic carbocycles. The largest absolute Gasteiger partial charge is 0.365 e. The van der Waals surface area contributed by atoms with Crippen molar-refractivity contribution in [1.29, 1.82) is 0 Å². The fourth-order valence-electron chi connectivity index (χ4n) is 3.26. The standard InChI is InChI=1S/C19H22N2O4S2/c1-12-7-8-14-15(11-12)26-19(17(14)18(20)23)21-16(22)9-10-27(24,25)13-5-3-2-4-6-13/h2-6,12H,7-11H2,1H3,(H2,20,23)(H,21,22)/t12-/m0/s1. The number of anilines is 1. The predicted molar refractivity (Wildman–Crippen MR) is 106 cm³/mol. The lowest BCUT2D eigenvalue weighted by Crippen LogP contribution is -2.20. The van der Waals surface area contributed by atoms with E-state index in [1.807, 2.05) is 0 Å². The molecule has 3 N–H and O–H groups in total. The quantitative estimate of drug-likeness (QED) is 0.769. The van der Waals surface area contributed by atoms with Crippen molar-refractivity contribution in [2.24, 2.45) is 11.7 Å². The zero-order valence-corrected chi connectivity index (χ0v) is 16.7. The minimum absolute atomic E-state index is 0.186. The number of fused-ring (bicyclic) bond motifs is 1. The Bertz CT molecular complexity index is 965. The molecule has 6 nitrogen and oxygen atoms in total. The molecule has 1 atom stereocenters. The number of carbonyl (C=O) groups is 2. The van der Waals surface area contributed by atoms with E-state index >= 15 is 0 Å². The van der Waals surface area contributed by atoms with Crippen LogP contribution in [-0.2, 0) is 27.5 Å². The third-order valence-corrected chi connectivity index (χ3v) is 7.61. The molecule has 0 bridgehead atoms. The van der Waals surface area contributed by atoms with Crippen molar-refractivity contribution >= 4 is 38.0 Å². The van der Waals surface area contributed by atoms with Crippen LogP contribution in [0.2, 0.25) is 0 Å². The summed E-state index contributed by atoms with van der Waals surface area (Å²) in [6, 6.07) is 8.03. The Hall–Kier alpha value is -2.19. The number of hydrogen-bond acceptors (Lipinski definition) is 5. The van der Waals surface area contributed by atoms with Crippen LogP contribution in [0, 0.1) is 5.92 Å². The van der Waals surface area contributed by atoms with Gasteiger partial charge in [-0.1, -0.05) is 25.1 Å². The van der Waals surface area contributed by atoms with Crippen LogP contribution < -0.4 is 11.1 Å². The lowest BCUT2D eigenvalue weighted by atomic mass is 9.88. The molecule has 2 aromatic rings. The maximum Gasteiger partial charge on any atom is 0.251 e. The molecule has 27 heavy (non-hydrogen) atoms. The smallest absolute Gasteiger partial charge is 0.251 e. The summed E-state index contributed by atoms with van der Waals surface area (Å²) in [7, 11) is -3.53. The van der Waals surface area contributed by atoms with Gasteiger partial charge in [-0.25, -0.2) is 8.42 Å². The van der Waals surface area contributed by atoms with Gasteiger partial charge in [0.15, 0.2) is 9.84 Å². The molecule has 2 amide bonds. The Labute approximate surface area is 162 Å². The lowest BCUT2D eigenvalue weighted by Gasteiger charge is -2.18. The number of sulfone groups is 1. The summed E-state index contributed by atoms with van der Waals surface area (Å²) in [6.07, 6.45) is 2.42. The average molecular weight is 407 g/mol. The fraction of sp³-hybridized carbons (Fsp3) is 0.368. The van der Waals surface area contributed by atoms with E-state index in [-0.39, 0.29) is 17.1 Å². The van der Waals surface area contributed by atoms with Gasteiger partial charge in [0.05, 0.1) is 16.2 Å². The molecule has 0 spiro atoms. The second-order valence-corrected chi connectivity index (χ2v) is 10.1. The number of hydrogen-bond donors (Lipinski definition) is 2. The molecule has 1 aliphatic carbocycles. The Morgan fingerprint density at radius 3 is 2.63 bits per heavy atom. The first kappa shape index (κ1) is 19.6. The fourth-order valence-corrected chi connectivity index (χ4v) is 5.96. The minimum Gasteiger partial charge on any atom is -0.365 e. The molecular formula is C19H22N2O4S2. The van der Waals surface area contributed by atoms with Gasteiger partial charge in [0.2, 0.25) is 5.91 Å². The van der Waals surface area contributed by atoms with Crippen LogP contribution in [0.1, 0.15) is 40.6 Å². The Kier molecular flexibility index (Phi) is 5.67. The van der Waals surface area contributed by atoms with Crippen molar-refractivity contribution in [3.63, 3.8) is 0 Å². The second-order valence-electron chi connectivity index (χ2n) is 6.85. The molecule has 0 saturated heterocycles. The number of nitrogens with one attached hydrogen (secondary N) is 1. The van der Waals surface area contributed by atoms with Crippen molar-refractivity contribution in [1.82, 2.24) is 0 Å². The highest BCUT2D eigenvalue weighted by molar-refractivity contribution is 7.91.